The normalized spacial score (nSPS) is 12.4. The van der Waals surface area contributed by atoms with Crippen molar-refractivity contribution in [3.05, 3.63) is 17.0 Å². The lowest BCUT2D eigenvalue weighted by molar-refractivity contribution is 0.447. The molecule has 0 atom stereocenters. The van der Waals surface area contributed by atoms with Crippen LogP contribution in [0.2, 0.25) is 0 Å². The molecule has 0 saturated carbocycles. The first-order valence-corrected chi connectivity index (χ1v) is 10.7. The maximum Gasteiger partial charge on any atom is 0.252 e. The van der Waals surface area contributed by atoms with E-state index in [2.05, 4.69) is 29.5 Å². The fourth-order valence-corrected chi connectivity index (χ4v) is 5.15. The van der Waals surface area contributed by atoms with E-state index in [1.807, 2.05) is 26.8 Å². The number of thiophene rings is 1. The van der Waals surface area contributed by atoms with E-state index in [-0.39, 0.29) is 24.0 Å². The van der Waals surface area contributed by atoms with E-state index in [1.165, 1.54) is 15.6 Å². The predicted molar refractivity (Wildman–Crippen MR) is 118 cm³/mol. The summed E-state index contributed by atoms with van der Waals surface area (Å²) in [5.41, 5.74) is 0. The van der Waals surface area contributed by atoms with Gasteiger partial charge in [-0.3, -0.25) is 4.99 Å². The maximum atomic E-state index is 12.5. The molecule has 0 aliphatic heterocycles. The molecular formula is C16H31IN4O2S2. The smallest absolute Gasteiger partial charge is 0.252 e. The number of halogens is 1. The minimum absolute atomic E-state index is 0. The van der Waals surface area contributed by atoms with Gasteiger partial charge in [-0.1, -0.05) is 13.8 Å². The Bertz CT molecular complexity index is 626. The molecule has 9 heteroatoms. The molecule has 25 heavy (non-hydrogen) atoms. The minimum Gasteiger partial charge on any atom is -0.357 e. The van der Waals surface area contributed by atoms with Crippen LogP contribution in [0.5, 0.6) is 0 Å². The van der Waals surface area contributed by atoms with Crippen molar-refractivity contribution in [1.82, 2.24) is 14.9 Å². The fourth-order valence-electron chi connectivity index (χ4n) is 2.19. The van der Waals surface area contributed by atoms with Crippen molar-refractivity contribution in [3.8, 4) is 0 Å². The molecule has 0 aliphatic rings. The topological polar surface area (TPSA) is 73.8 Å². The highest BCUT2D eigenvalue weighted by Gasteiger charge is 2.23. The molecule has 0 amide bonds. The second kappa shape index (κ2) is 12.1. The van der Waals surface area contributed by atoms with E-state index in [1.54, 1.807) is 6.07 Å². The van der Waals surface area contributed by atoms with Crippen molar-refractivity contribution in [3.63, 3.8) is 0 Å². The lowest BCUT2D eigenvalue weighted by Crippen LogP contribution is -2.41. The first kappa shape index (κ1) is 24.6. The summed E-state index contributed by atoms with van der Waals surface area (Å²) in [4.78, 5) is 5.56. The fraction of sp³-hybridized carbons (Fsp3) is 0.688. The van der Waals surface area contributed by atoms with Gasteiger partial charge in [0.2, 0.25) is 0 Å². The van der Waals surface area contributed by atoms with Gasteiger partial charge in [-0.05, 0) is 32.9 Å². The Morgan fingerprint density at radius 2 is 1.88 bits per heavy atom. The zero-order valence-corrected chi connectivity index (χ0v) is 19.7. The molecule has 2 N–H and O–H groups in total. The summed E-state index contributed by atoms with van der Waals surface area (Å²) >= 11 is 1.34. The SMILES string of the molecule is CCNC(=NCCc1ccc(S(=O)(=O)N(CC)CC)s1)NC(C)C.I. The van der Waals surface area contributed by atoms with Crippen molar-refractivity contribution < 1.29 is 8.42 Å². The zero-order valence-electron chi connectivity index (χ0n) is 15.7. The van der Waals surface area contributed by atoms with Gasteiger partial charge >= 0.3 is 0 Å². The molecule has 0 fully saturated rings. The molecule has 0 spiro atoms. The lowest BCUT2D eigenvalue weighted by atomic mass is 10.3. The van der Waals surface area contributed by atoms with Crippen LogP contribution in [0.1, 0.15) is 39.5 Å². The second-order valence-electron chi connectivity index (χ2n) is 5.62. The van der Waals surface area contributed by atoms with Crippen LogP contribution in [0.3, 0.4) is 0 Å². The lowest BCUT2D eigenvalue weighted by Gasteiger charge is -2.16. The van der Waals surface area contributed by atoms with Gasteiger partial charge in [-0.2, -0.15) is 4.31 Å². The van der Waals surface area contributed by atoms with Crippen molar-refractivity contribution in [2.24, 2.45) is 4.99 Å². The van der Waals surface area contributed by atoms with Gasteiger partial charge in [0.15, 0.2) is 5.96 Å². The van der Waals surface area contributed by atoms with Crippen LogP contribution in [0.25, 0.3) is 0 Å². The maximum absolute atomic E-state index is 12.5. The Hall–Kier alpha value is -0.390. The van der Waals surface area contributed by atoms with Crippen LogP contribution >= 0.6 is 35.3 Å². The molecule has 1 aromatic rings. The number of guanidine groups is 1. The highest BCUT2D eigenvalue weighted by Crippen LogP contribution is 2.25. The van der Waals surface area contributed by atoms with Crippen LogP contribution in [-0.4, -0.2) is 50.9 Å². The first-order chi connectivity index (χ1) is 11.3. The number of rotatable bonds is 9. The van der Waals surface area contributed by atoms with Gasteiger partial charge in [0.1, 0.15) is 4.21 Å². The number of sulfonamides is 1. The Labute approximate surface area is 173 Å². The molecule has 6 nitrogen and oxygen atoms in total. The quantitative estimate of drug-likeness (QED) is 0.310. The van der Waals surface area contributed by atoms with Crippen LogP contribution in [-0.2, 0) is 16.4 Å². The third kappa shape index (κ3) is 7.79. The van der Waals surface area contributed by atoms with E-state index in [0.29, 0.717) is 29.9 Å². The minimum atomic E-state index is -3.35. The third-order valence-electron chi connectivity index (χ3n) is 3.33. The van der Waals surface area contributed by atoms with Crippen LogP contribution in [0.4, 0.5) is 0 Å². The first-order valence-electron chi connectivity index (χ1n) is 8.48. The standard InChI is InChI=1S/C16H30N4O2S2.HI/c1-6-17-16(19-13(4)5)18-12-11-14-9-10-15(23-14)24(21,22)20(7-2)8-3;/h9-10,13H,6-8,11-12H2,1-5H3,(H2,17,18,19);1H. The molecule has 0 aliphatic carbocycles. The summed E-state index contributed by atoms with van der Waals surface area (Å²) in [7, 11) is -3.35. The molecule has 1 heterocycles. The molecule has 0 radical (unpaired) electrons. The predicted octanol–water partition coefficient (Wildman–Crippen LogP) is 2.90. The van der Waals surface area contributed by atoms with Gasteiger partial charge in [-0.15, -0.1) is 35.3 Å². The Balaban J connectivity index is 0.00000576. The van der Waals surface area contributed by atoms with E-state index < -0.39 is 10.0 Å². The summed E-state index contributed by atoms with van der Waals surface area (Å²) in [5, 5.41) is 6.47. The van der Waals surface area contributed by atoms with Gasteiger partial charge in [-0.25, -0.2) is 8.42 Å². The third-order valence-corrected chi connectivity index (χ3v) is 7.00. The number of nitrogens with one attached hydrogen (secondary N) is 2. The molecule has 0 unspecified atom stereocenters. The van der Waals surface area contributed by atoms with Crippen LogP contribution < -0.4 is 10.6 Å². The summed E-state index contributed by atoms with van der Waals surface area (Å²) < 4.78 is 26.9. The largest absolute Gasteiger partial charge is 0.357 e. The summed E-state index contributed by atoms with van der Waals surface area (Å²) in [6.45, 7) is 12.3. The van der Waals surface area contributed by atoms with Gasteiger partial charge in [0.05, 0.1) is 0 Å². The summed E-state index contributed by atoms with van der Waals surface area (Å²) in [5.74, 6) is 0.792. The molecule has 1 rings (SSSR count). The molecular weight excluding hydrogens is 471 g/mol. The molecule has 0 aromatic carbocycles. The van der Waals surface area contributed by atoms with Crippen molar-refractivity contribution in [2.75, 3.05) is 26.2 Å². The number of nitrogens with zero attached hydrogens (tertiary/aromatic N) is 2. The number of hydrogen-bond donors (Lipinski definition) is 2. The Kier molecular flexibility index (Phi) is 11.9. The van der Waals surface area contributed by atoms with Crippen LogP contribution in [0.15, 0.2) is 21.3 Å². The molecule has 146 valence electrons. The molecule has 0 bridgehead atoms. The van der Waals surface area contributed by atoms with Gasteiger partial charge < -0.3 is 10.6 Å². The number of hydrogen-bond acceptors (Lipinski definition) is 4. The highest BCUT2D eigenvalue weighted by atomic mass is 127. The van der Waals surface area contributed by atoms with Gasteiger partial charge in [0.25, 0.3) is 10.0 Å². The Morgan fingerprint density at radius 3 is 2.40 bits per heavy atom. The molecule has 1 aromatic heterocycles. The summed E-state index contributed by atoms with van der Waals surface area (Å²) in [6.07, 6.45) is 0.729. The second-order valence-corrected chi connectivity index (χ2v) is 8.95. The summed E-state index contributed by atoms with van der Waals surface area (Å²) in [6, 6.07) is 3.91. The Morgan fingerprint density at radius 1 is 1.24 bits per heavy atom. The van der Waals surface area contributed by atoms with Crippen LogP contribution in [0, 0.1) is 0 Å². The van der Waals surface area contributed by atoms with Crippen molar-refractivity contribution >= 4 is 51.3 Å². The number of aliphatic imine (C=N–C) groups is 1. The average molecular weight is 502 g/mol. The highest BCUT2D eigenvalue weighted by molar-refractivity contribution is 14.0. The van der Waals surface area contributed by atoms with Gasteiger partial charge in [0, 0.05) is 43.5 Å². The monoisotopic (exact) mass is 502 g/mol. The average Bonchev–Trinajstić information content (AvgIpc) is 2.97. The van der Waals surface area contributed by atoms with E-state index in [9.17, 15) is 8.42 Å². The molecule has 0 saturated heterocycles. The van der Waals surface area contributed by atoms with Crippen molar-refractivity contribution in [1.29, 1.82) is 0 Å². The van der Waals surface area contributed by atoms with E-state index in [4.69, 9.17) is 0 Å². The van der Waals surface area contributed by atoms with E-state index >= 15 is 0 Å². The zero-order chi connectivity index (χ0) is 18.2. The van der Waals surface area contributed by atoms with Crippen molar-refractivity contribution in [2.45, 2.75) is 51.3 Å². The van der Waals surface area contributed by atoms with E-state index in [0.717, 1.165) is 23.8 Å².